The number of hydrogen-bond acceptors (Lipinski definition) is 5. The van der Waals surface area contributed by atoms with E-state index < -0.39 is 23.8 Å². The quantitative estimate of drug-likeness (QED) is 0.749. The van der Waals surface area contributed by atoms with E-state index in [2.05, 4.69) is 0 Å². The van der Waals surface area contributed by atoms with Gasteiger partial charge in [-0.25, -0.2) is 4.79 Å². The molecule has 2 amide bonds. The molecule has 2 unspecified atom stereocenters. The highest BCUT2D eigenvalue weighted by atomic mass is 16.6. The monoisotopic (exact) mass is 300 g/mol. The van der Waals surface area contributed by atoms with E-state index in [0.29, 0.717) is 26.3 Å². The van der Waals surface area contributed by atoms with Gasteiger partial charge in [-0.05, 0) is 20.8 Å². The number of aliphatic hydroxyl groups is 1. The van der Waals surface area contributed by atoms with Gasteiger partial charge < -0.3 is 19.5 Å². The summed E-state index contributed by atoms with van der Waals surface area (Å²) in [6, 6.07) is -0.645. The zero-order valence-electron chi connectivity index (χ0n) is 12.9. The SMILES string of the molecule is CC(C)(C)OC(=O)N1CC(O)CC1C(=O)N1CCOCC1. The number of hydrogen-bond donors (Lipinski definition) is 1. The van der Waals surface area contributed by atoms with Crippen molar-refractivity contribution in [2.24, 2.45) is 0 Å². The van der Waals surface area contributed by atoms with Crippen LogP contribution in [0.5, 0.6) is 0 Å². The summed E-state index contributed by atoms with van der Waals surface area (Å²) < 4.78 is 10.5. The fraction of sp³-hybridized carbons (Fsp3) is 0.857. The first kappa shape index (κ1) is 16.0. The molecule has 2 heterocycles. The Kier molecular flexibility index (Phi) is 4.73. The maximum absolute atomic E-state index is 12.5. The lowest BCUT2D eigenvalue weighted by atomic mass is 10.1. The Bertz CT molecular complexity index is 401. The van der Waals surface area contributed by atoms with E-state index in [1.54, 1.807) is 25.7 Å². The second-order valence-corrected chi connectivity index (χ2v) is 6.48. The number of ether oxygens (including phenoxy) is 2. The molecule has 1 N–H and O–H groups in total. The van der Waals surface area contributed by atoms with Crippen LogP contribution in [0.2, 0.25) is 0 Å². The van der Waals surface area contributed by atoms with Gasteiger partial charge in [0.2, 0.25) is 5.91 Å². The van der Waals surface area contributed by atoms with Crippen LogP contribution in [0.25, 0.3) is 0 Å². The molecule has 2 rings (SSSR count). The van der Waals surface area contributed by atoms with E-state index >= 15 is 0 Å². The molecule has 7 nitrogen and oxygen atoms in total. The topological polar surface area (TPSA) is 79.3 Å². The molecule has 0 aliphatic carbocycles. The largest absolute Gasteiger partial charge is 0.444 e. The molecule has 2 aliphatic heterocycles. The van der Waals surface area contributed by atoms with Crippen LogP contribution in [0.3, 0.4) is 0 Å². The van der Waals surface area contributed by atoms with Crippen molar-refractivity contribution in [1.82, 2.24) is 9.80 Å². The van der Waals surface area contributed by atoms with E-state index in [-0.39, 0.29) is 18.9 Å². The predicted octanol–water partition coefficient (Wildman–Crippen LogP) is 0.215. The van der Waals surface area contributed by atoms with Gasteiger partial charge in [-0.3, -0.25) is 9.69 Å². The third kappa shape index (κ3) is 4.07. The summed E-state index contributed by atoms with van der Waals surface area (Å²) in [6.07, 6.45) is -0.978. The summed E-state index contributed by atoms with van der Waals surface area (Å²) >= 11 is 0. The average Bonchev–Trinajstić information content (AvgIpc) is 2.79. The van der Waals surface area contributed by atoms with Crippen molar-refractivity contribution in [3.8, 4) is 0 Å². The van der Waals surface area contributed by atoms with Crippen LogP contribution in [-0.4, -0.2) is 77.5 Å². The molecule has 0 radical (unpaired) electrons. The Morgan fingerprint density at radius 3 is 2.43 bits per heavy atom. The summed E-state index contributed by atoms with van der Waals surface area (Å²) in [5.74, 6) is -0.138. The summed E-state index contributed by atoms with van der Waals surface area (Å²) in [7, 11) is 0. The molecule has 2 saturated heterocycles. The van der Waals surface area contributed by atoms with Gasteiger partial charge in [0.05, 0.1) is 25.9 Å². The molecule has 0 aromatic carbocycles. The van der Waals surface area contributed by atoms with Crippen LogP contribution in [0.15, 0.2) is 0 Å². The van der Waals surface area contributed by atoms with Gasteiger partial charge in [0.25, 0.3) is 0 Å². The van der Waals surface area contributed by atoms with E-state index in [9.17, 15) is 14.7 Å². The van der Waals surface area contributed by atoms with Crippen molar-refractivity contribution in [2.45, 2.75) is 44.9 Å². The lowest BCUT2D eigenvalue weighted by Gasteiger charge is -2.33. The number of β-amino-alcohol motifs (C(OH)–C–C–N with tert-alkyl or cyclic N) is 1. The molecule has 2 aliphatic rings. The average molecular weight is 300 g/mol. The van der Waals surface area contributed by atoms with Gasteiger partial charge in [-0.1, -0.05) is 0 Å². The summed E-state index contributed by atoms with van der Waals surface area (Å²) in [6.45, 7) is 7.51. The van der Waals surface area contributed by atoms with E-state index in [1.165, 1.54) is 4.90 Å². The van der Waals surface area contributed by atoms with E-state index in [4.69, 9.17) is 9.47 Å². The molecule has 7 heteroatoms. The fourth-order valence-corrected chi connectivity index (χ4v) is 2.56. The maximum atomic E-state index is 12.5. The fourth-order valence-electron chi connectivity index (χ4n) is 2.56. The Balaban J connectivity index is 2.05. The van der Waals surface area contributed by atoms with Crippen molar-refractivity contribution in [1.29, 1.82) is 0 Å². The zero-order chi connectivity index (χ0) is 15.6. The van der Waals surface area contributed by atoms with Gasteiger partial charge in [-0.15, -0.1) is 0 Å². The minimum Gasteiger partial charge on any atom is -0.444 e. The normalized spacial score (nSPS) is 26.9. The van der Waals surface area contributed by atoms with Crippen LogP contribution in [0.1, 0.15) is 27.2 Å². The molecule has 0 aromatic heterocycles. The van der Waals surface area contributed by atoms with Crippen LogP contribution >= 0.6 is 0 Å². The van der Waals surface area contributed by atoms with Crippen LogP contribution < -0.4 is 0 Å². The van der Waals surface area contributed by atoms with Gasteiger partial charge in [0, 0.05) is 19.5 Å². The molecule has 2 atom stereocenters. The Morgan fingerprint density at radius 1 is 1.24 bits per heavy atom. The van der Waals surface area contributed by atoms with Crippen LogP contribution in [-0.2, 0) is 14.3 Å². The highest BCUT2D eigenvalue weighted by molar-refractivity contribution is 5.86. The first-order valence-corrected chi connectivity index (χ1v) is 7.32. The maximum Gasteiger partial charge on any atom is 0.411 e. The third-order valence-electron chi connectivity index (χ3n) is 3.51. The number of carbonyl (C=O) groups excluding carboxylic acids is 2. The molecular formula is C14H24N2O5. The van der Waals surface area contributed by atoms with E-state index in [0.717, 1.165) is 0 Å². The second kappa shape index (κ2) is 6.19. The number of morpholine rings is 1. The number of aliphatic hydroxyl groups excluding tert-OH is 1. The molecule has 0 bridgehead atoms. The molecule has 0 aromatic rings. The molecular weight excluding hydrogens is 276 g/mol. The Hall–Kier alpha value is -1.34. The first-order valence-electron chi connectivity index (χ1n) is 7.32. The number of rotatable bonds is 1. The van der Waals surface area contributed by atoms with Gasteiger partial charge >= 0.3 is 6.09 Å². The second-order valence-electron chi connectivity index (χ2n) is 6.48. The third-order valence-corrected chi connectivity index (χ3v) is 3.51. The number of likely N-dealkylation sites (tertiary alicyclic amines) is 1. The van der Waals surface area contributed by atoms with Gasteiger partial charge in [0.1, 0.15) is 11.6 Å². The Morgan fingerprint density at radius 2 is 1.86 bits per heavy atom. The van der Waals surface area contributed by atoms with Crippen molar-refractivity contribution in [2.75, 3.05) is 32.8 Å². The highest BCUT2D eigenvalue weighted by Crippen LogP contribution is 2.23. The molecule has 2 fully saturated rings. The van der Waals surface area contributed by atoms with Crippen molar-refractivity contribution in [3.63, 3.8) is 0 Å². The van der Waals surface area contributed by atoms with Crippen molar-refractivity contribution >= 4 is 12.0 Å². The van der Waals surface area contributed by atoms with Crippen LogP contribution in [0.4, 0.5) is 4.79 Å². The first-order chi connectivity index (χ1) is 9.78. The lowest BCUT2D eigenvalue weighted by molar-refractivity contribution is -0.140. The smallest absolute Gasteiger partial charge is 0.411 e. The number of nitrogens with zero attached hydrogens (tertiary/aromatic N) is 2. The van der Waals surface area contributed by atoms with Crippen molar-refractivity contribution < 1.29 is 24.2 Å². The Labute approximate surface area is 124 Å². The van der Waals surface area contributed by atoms with Crippen LogP contribution in [0, 0.1) is 0 Å². The molecule has 0 saturated carbocycles. The zero-order valence-corrected chi connectivity index (χ0v) is 12.9. The van der Waals surface area contributed by atoms with Gasteiger partial charge in [0.15, 0.2) is 0 Å². The lowest BCUT2D eigenvalue weighted by Crippen LogP contribution is -2.51. The number of carbonyl (C=O) groups is 2. The summed E-state index contributed by atoms with van der Waals surface area (Å²) in [4.78, 5) is 27.8. The standard InChI is InChI=1S/C14H24N2O5/c1-14(2,3)21-13(19)16-9-10(17)8-11(16)12(18)15-4-6-20-7-5-15/h10-11,17H,4-9H2,1-3H3. The molecule has 21 heavy (non-hydrogen) atoms. The highest BCUT2D eigenvalue weighted by Gasteiger charge is 2.42. The van der Waals surface area contributed by atoms with Gasteiger partial charge in [-0.2, -0.15) is 0 Å². The molecule has 120 valence electrons. The number of amides is 2. The predicted molar refractivity (Wildman–Crippen MR) is 74.8 cm³/mol. The minimum atomic E-state index is -0.687. The van der Waals surface area contributed by atoms with E-state index in [1.807, 2.05) is 0 Å². The van der Waals surface area contributed by atoms with Crippen molar-refractivity contribution in [3.05, 3.63) is 0 Å². The molecule has 0 spiro atoms. The summed E-state index contributed by atoms with van der Waals surface area (Å²) in [5, 5.41) is 9.82. The minimum absolute atomic E-state index is 0.135. The summed E-state index contributed by atoms with van der Waals surface area (Å²) in [5.41, 5.74) is -0.628.